The van der Waals surface area contributed by atoms with E-state index in [1.807, 2.05) is 49.1 Å². The Morgan fingerprint density at radius 3 is 2.18 bits per heavy atom. The minimum atomic E-state index is 0.0665. The van der Waals surface area contributed by atoms with Crippen molar-refractivity contribution in [3.05, 3.63) is 70.8 Å². The van der Waals surface area contributed by atoms with Crippen LogP contribution in [-0.2, 0) is 4.79 Å². The van der Waals surface area contributed by atoms with Gasteiger partial charge in [0.15, 0.2) is 0 Å². The van der Waals surface area contributed by atoms with Crippen LogP contribution >= 0.6 is 0 Å². The number of anilines is 1. The number of benzene rings is 2. The fraction of sp³-hybridized carbons (Fsp3) is 0.448. The summed E-state index contributed by atoms with van der Waals surface area (Å²) in [4.78, 5) is 27.6. The summed E-state index contributed by atoms with van der Waals surface area (Å²) in [5.74, 6) is 0.324. The lowest BCUT2D eigenvalue weighted by molar-refractivity contribution is -0.119. The lowest BCUT2D eigenvalue weighted by Gasteiger charge is -2.24. The number of nitrogens with zero attached hydrogens (tertiary/aromatic N) is 1. The minimum absolute atomic E-state index is 0.0665. The highest BCUT2D eigenvalue weighted by Crippen LogP contribution is 2.36. The van der Waals surface area contributed by atoms with Gasteiger partial charge in [0.2, 0.25) is 5.91 Å². The number of piperidine rings is 1. The zero-order valence-electron chi connectivity index (χ0n) is 20.5. The van der Waals surface area contributed by atoms with Crippen LogP contribution in [0.15, 0.2) is 54.1 Å². The second-order valence-electron chi connectivity index (χ2n) is 9.30. The second-order valence-corrected chi connectivity index (χ2v) is 9.30. The summed E-state index contributed by atoms with van der Waals surface area (Å²) < 4.78 is 0. The van der Waals surface area contributed by atoms with Crippen LogP contribution in [-0.4, -0.2) is 42.9 Å². The molecule has 5 heteroatoms. The lowest BCUT2D eigenvalue weighted by Crippen LogP contribution is -2.30. The molecule has 0 bridgehead atoms. The normalized spacial score (nSPS) is 16.4. The summed E-state index contributed by atoms with van der Waals surface area (Å²) >= 11 is 0. The Bertz CT molecular complexity index is 1020. The average molecular weight is 460 g/mol. The summed E-state index contributed by atoms with van der Waals surface area (Å²) in [6.45, 7) is 7.32. The third kappa shape index (κ3) is 5.41. The summed E-state index contributed by atoms with van der Waals surface area (Å²) in [6.07, 6.45) is 6.19. The third-order valence-corrected chi connectivity index (χ3v) is 7.21. The number of amides is 2. The molecule has 4 rings (SSSR count). The standard InChI is InChI=1S/C29H37N3O2/c1-3-32(4-2)29(34)24-15-13-21(14-16-24)27(22-17-19-30-20-18-22)25-11-7-8-12-26(25)31-28(33)23-9-5-6-10-23/h7-8,11-16,23,30H,3-6,9-10,17-20H2,1-2H3,(H,31,33). The molecule has 1 aliphatic heterocycles. The summed E-state index contributed by atoms with van der Waals surface area (Å²) in [7, 11) is 0. The van der Waals surface area contributed by atoms with E-state index in [-0.39, 0.29) is 17.7 Å². The number of para-hydroxylation sites is 1. The SMILES string of the molecule is CCN(CC)C(=O)c1ccc(C(=C2CCNCC2)c2ccccc2NC(=O)C2CCCC2)cc1. The lowest BCUT2D eigenvalue weighted by atomic mass is 9.87. The van der Waals surface area contributed by atoms with E-state index in [2.05, 4.69) is 28.8 Å². The van der Waals surface area contributed by atoms with Crippen molar-refractivity contribution in [1.29, 1.82) is 0 Å². The van der Waals surface area contributed by atoms with Gasteiger partial charge in [0.05, 0.1) is 0 Å². The molecule has 2 aromatic rings. The molecule has 1 aliphatic carbocycles. The number of carbonyl (C=O) groups excluding carboxylic acids is 2. The number of carbonyl (C=O) groups is 2. The van der Waals surface area contributed by atoms with Crippen molar-refractivity contribution in [3.8, 4) is 0 Å². The Morgan fingerprint density at radius 1 is 0.912 bits per heavy atom. The Kier molecular flexibility index (Phi) is 8.17. The number of rotatable bonds is 7. The molecule has 0 atom stereocenters. The topological polar surface area (TPSA) is 61.4 Å². The predicted molar refractivity (Wildman–Crippen MR) is 139 cm³/mol. The van der Waals surface area contributed by atoms with Crippen LogP contribution in [0.2, 0.25) is 0 Å². The maximum Gasteiger partial charge on any atom is 0.253 e. The monoisotopic (exact) mass is 459 g/mol. The first kappa shape index (κ1) is 24.2. The van der Waals surface area contributed by atoms with Crippen LogP contribution in [0.25, 0.3) is 5.57 Å². The highest BCUT2D eigenvalue weighted by Gasteiger charge is 2.24. The fourth-order valence-electron chi connectivity index (χ4n) is 5.23. The largest absolute Gasteiger partial charge is 0.339 e. The van der Waals surface area contributed by atoms with Crippen LogP contribution in [0.1, 0.15) is 73.9 Å². The molecule has 5 nitrogen and oxygen atoms in total. The fourth-order valence-corrected chi connectivity index (χ4v) is 5.23. The molecule has 2 aliphatic rings. The van der Waals surface area contributed by atoms with E-state index in [0.717, 1.165) is 68.4 Å². The molecule has 1 saturated heterocycles. The van der Waals surface area contributed by atoms with Gasteiger partial charge >= 0.3 is 0 Å². The molecule has 34 heavy (non-hydrogen) atoms. The van der Waals surface area contributed by atoms with E-state index in [1.165, 1.54) is 11.1 Å². The molecule has 180 valence electrons. The van der Waals surface area contributed by atoms with Gasteiger partial charge in [0.25, 0.3) is 5.91 Å². The van der Waals surface area contributed by atoms with Crippen molar-refractivity contribution in [1.82, 2.24) is 10.2 Å². The van der Waals surface area contributed by atoms with Gasteiger partial charge in [-0.05, 0) is 82.0 Å². The van der Waals surface area contributed by atoms with Crippen molar-refractivity contribution >= 4 is 23.1 Å². The van der Waals surface area contributed by atoms with E-state index < -0.39 is 0 Å². The van der Waals surface area contributed by atoms with E-state index in [4.69, 9.17) is 0 Å². The van der Waals surface area contributed by atoms with Gasteiger partial charge in [-0.1, -0.05) is 48.7 Å². The first-order valence-electron chi connectivity index (χ1n) is 12.8. The molecule has 1 heterocycles. The van der Waals surface area contributed by atoms with Gasteiger partial charge in [-0.25, -0.2) is 0 Å². The Morgan fingerprint density at radius 2 is 1.53 bits per heavy atom. The summed E-state index contributed by atoms with van der Waals surface area (Å²) in [5, 5.41) is 6.70. The highest BCUT2D eigenvalue weighted by molar-refractivity contribution is 5.99. The van der Waals surface area contributed by atoms with Crippen LogP contribution in [0, 0.1) is 5.92 Å². The average Bonchev–Trinajstić information content (AvgIpc) is 3.42. The van der Waals surface area contributed by atoms with Gasteiger partial charge in [-0.15, -0.1) is 0 Å². The van der Waals surface area contributed by atoms with Gasteiger partial charge < -0.3 is 15.5 Å². The van der Waals surface area contributed by atoms with Gasteiger partial charge in [-0.2, -0.15) is 0 Å². The van der Waals surface area contributed by atoms with E-state index in [0.29, 0.717) is 18.7 Å². The van der Waals surface area contributed by atoms with Crippen LogP contribution < -0.4 is 10.6 Å². The molecule has 0 radical (unpaired) electrons. The van der Waals surface area contributed by atoms with E-state index in [1.54, 1.807) is 0 Å². The maximum atomic E-state index is 13.0. The first-order chi connectivity index (χ1) is 16.6. The molecule has 2 amide bonds. The predicted octanol–water partition coefficient (Wildman–Crippen LogP) is 5.48. The van der Waals surface area contributed by atoms with E-state index in [9.17, 15) is 9.59 Å². The highest BCUT2D eigenvalue weighted by atomic mass is 16.2. The summed E-state index contributed by atoms with van der Waals surface area (Å²) in [6, 6.07) is 16.2. The third-order valence-electron chi connectivity index (χ3n) is 7.21. The maximum absolute atomic E-state index is 13.0. The van der Waals surface area contributed by atoms with Crippen molar-refractivity contribution in [2.24, 2.45) is 5.92 Å². The van der Waals surface area contributed by atoms with Gasteiger partial charge in [-0.3, -0.25) is 9.59 Å². The van der Waals surface area contributed by atoms with Gasteiger partial charge in [0.1, 0.15) is 0 Å². The number of nitrogens with one attached hydrogen (secondary N) is 2. The molecular formula is C29H37N3O2. The quantitative estimate of drug-likeness (QED) is 0.576. The van der Waals surface area contributed by atoms with Crippen LogP contribution in [0.5, 0.6) is 0 Å². The molecule has 2 fully saturated rings. The smallest absolute Gasteiger partial charge is 0.253 e. The van der Waals surface area contributed by atoms with Crippen molar-refractivity contribution in [2.75, 3.05) is 31.5 Å². The molecule has 0 aromatic heterocycles. The molecule has 2 aromatic carbocycles. The Balaban J connectivity index is 1.70. The minimum Gasteiger partial charge on any atom is -0.339 e. The molecule has 1 saturated carbocycles. The first-order valence-corrected chi connectivity index (χ1v) is 12.8. The van der Waals surface area contributed by atoms with Gasteiger partial charge in [0, 0.05) is 35.8 Å². The Labute approximate surface area is 203 Å². The molecule has 2 N–H and O–H groups in total. The molecular weight excluding hydrogens is 422 g/mol. The van der Waals surface area contributed by atoms with Crippen molar-refractivity contribution in [2.45, 2.75) is 52.4 Å². The second kappa shape index (κ2) is 11.5. The van der Waals surface area contributed by atoms with Crippen molar-refractivity contribution < 1.29 is 9.59 Å². The van der Waals surface area contributed by atoms with Crippen LogP contribution in [0.4, 0.5) is 5.69 Å². The zero-order chi connectivity index (χ0) is 23.9. The zero-order valence-corrected chi connectivity index (χ0v) is 20.5. The number of hydrogen-bond donors (Lipinski definition) is 2. The van der Waals surface area contributed by atoms with E-state index >= 15 is 0 Å². The number of hydrogen-bond acceptors (Lipinski definition) is 3. The van der Waals surface area contributed by atoms with Crippen LogP contribution in [0.3, 0.4) is 0 Å². The Hall–Kier alpha value is -2.92. The van der Waals surface area contributed by atoms with Crippen molar-refractivity contribution in [3.63, 3.8) is 0 Å². The molecule has 0 spiro atoms. The summed E-state index contributed by atoms with van der Waals surface area (Å²) in [5.41, 5.74) is 6.33. The molecule has 0 unspecified atom stereocenters.